The number of aromatic nitrogens is 6. The third-order valence-corrected chi connectivity index (χ3v) is 10.2. The average Bonchev–Trinajstić information content (AvgIpc) is 3.15. The number of aromatic carboxylic acids is 1. The summed E-state index contributed by atoms with van der Waals surface area (Å²) in [6.45, 7) is 19.5. The Kier molecular flexibility index (Phi) is 16.6. The molecule has 0 radical (unpaired) electrons. The highest BCUT2D eigenvalue weighted by atomic mass is 32.2. The van der Waals surface area contributed by atoms with Crippen LogP contribution >= 0.6 is 0 Å². The molecule has 5 N–H and O–H groups in total. The number of carbonyl (C=O) groups excluding carboxylic acids is 1. The number of nitrogens with one attached hydrogen (secondary N) is 2. The number of nitrogens with two attached hydrogens (primary N) is 1. The molecule has 2 aliphatic rings. The van der Waals surface area contributed by atoms with Crippen LogP contribution in [0.25, 0.3) is 22.8 Å². The van der Waals surface area contributed by atoms with Crippen LogP contribution in [0.4, 0.5) is 34.9 Å². The molecule has 0 saturated carbocycles. The molecule has 2 fully saturated rings. The molecule has 4 aromatic rings. The molecule has 356 valence electrons. The number of hydrogen-bond donors (Lipinski definition) is 4. The fourth-order valence-electron chi connectivity index (χ4n) is 6.53. The molecule has 1 amide bonds. The van der Waals surface area contributed by atoms with Gasteiger partial charge in [0.15, 0.2) is 29.0 Å². The molecule has 2 saturated heterocycles. The lowest BCUT2D eigenvalue weighted by Gasteiger charge is -2.34. The maximum atomic E-state index is 12.4. The Morgan fingerprint density at radius 1 is 0.677 bits per heavy atom. The second-order valence-corrected chi connectivity index (χ2v) is 23.4. The van der Waals surface area contributed by atoms with E-state index in [9.17, 15) is 23.1 Å². The molecule has 6 rings (SSSR count). The minimum absolute atomic E-state index is 0. The first-order valence-corrected chi connectivity index (χ1v) is 25.2. The minimum Gasteiger partial charge on any atom is -0.477 e. The normalized spacial score (nSPS) is 16.9. The molecule has 20 nitrogen and oxygen atoms in total. The molecule has 0 bridgehead atoms. The number of rotatable bonds is 10. The SMILES string of the molecule is C.C[C@@H]1COCCN1c1cc(N=S(C)(C)=O)nc(-c2cc(NC(C)(C)C)nc(C(=O)O)c2)n1.C[C@@H]1COCCN1c1cc(N=S(C)(C)=O)nc(-c2cc(NC(C)(C)C)nc(C(N)=O)c2)n1. The second-order valence-electron chi connectivity index (χ2n) is 18.3. The molecule has 65 heavy (non-hydrogen) atoms. The standard InChI is InChI=1S/C21H31N7O3S.C21H30N6O4S.CH4/c1-13-12-31-8-7-28(13)18-11-17(27-32(5,6)30)24-20(25-18)14-9-15(19(22)29)23-16(10-14)26-21(2,3)4;1-13-12-31-8-7-27(13)18-11-17(26-32(5,6)30)23-19(24-18)14-9-15(20(28)29)22-16(10-14)25-21(2,3)4;/h9-11,13H,7-8,12H2,1-6H3,(H2,22,29)(H,23,26);9-11,13H,7-8,12H2,1-6H3,(H,22,25)(H,28,29);1H4/t2*13-;/m11./s1. The average molecular weight is 940 g/mol. The van der Waals surface area contributed by atoms with Crippen molar-refractivity contribution in [3.05, 3.63) is 47.8 Å². The molecule has 0 unspecified atom stereocenters. The van der Waals surface area contributed by atoms with Crippen molar-refractivity contribution >= 4 is 66.2 Å². The maximum absolute atomic E-state index is 12.4. The summed E-state index contributed by atoms with van der Waals surface area (Å²) in [5.41, 5.74) is 5.90. The van der Waals surface area contributed by atoms with Gasteiger partial charge in [0.25, 0.3) is 5.91 Å². The molecular formula is C43H65N13O7S2. The van der Waals surface area contributed by atoms with E-state index in [1.165, 1.54) is 18.6 Å². The first-order chi connectivity index (χ1) is 29.6. The summed E-state index contributed by atoms with van der Waals surface area (Å²) in [5, 5.41) is 16.0. The Bertz CT molecular complexity index is 2440. The van der Waals surface area contributed by atoms with Crippen molar-refractivity contribution in [3.63, 3.8) is 0 Å². The molecule has 2 atom stereocenters. The van der Waals surface area contributed by atoms with Gasteiger partial charge in [-0.05, 0) is 79.7 Å². The predicted molar refractivity (Wildman–Crippen MR) is 259 cm³/mol. The van der Waals surface area contributed by atoms with Crippen molar-refractivity contribution in [2.45, 2.75) is 86.0 Å². The van der Waals surface area contributed by atoms with E-state index in [0.29, 0.717) is 85.6 Å². The Balaban J connectivity index is 0.000000280. The van der Waals surface area contributed by atoms with Gasteiger partial charge in [-0.2, -0.15) is 8.73 Å². The minimum atomic E-state index is -2.47. The number of amides is 1. The van der Waals surface area contributed by atoms with Crippen molar-refractivity contribution in [1.82, 2.24) is 29.9 Å². The van der Waals surface area contributed by atoms with Crippen LogP contribution in [-0.4, -0.2) is 143 Å². The molecule has 6 heterocycles. The Morgan fingerprint density at radius 3 is 1.40 bits per heavy atom. The van der Waals surface area contributed by atoms with Gasteiger partial charge in [-0.25, -0.2) is 43.1 Å². The van der Waals surface area contributed by atoms with Gasteiger partial charge in [0.1, 0.15) is 29.0 Å². The number of hydrogen-bond acceptors (Lipinski definition) is 18. The van der Waals surface area contributed by atoms with E-state index in [0.717, 1.165) is 0 Å². The van der Waals surface area contributed by atoms with E-state index >= 15 is 0 Å². The van der Waals surface area contributed by atoms with Gasteiger partial charge in [-0.3, -0.25) is 4.79 Å². The lowest BCUT2D eigenvalue weighted by atomic mass is 10.1. The van der Waals surface area contributed by atoms with Crippen molar-refractivity contribution in [2.24, 2.45) is 14.5 Å². The number of anilines is 4. The highest BCUT2D eigenvalue weighted by Gasteiger charge is 2.25. The van der Waals surface area contributed by atoms with Crippen LogP contribution in [0.15, 0.2) is 45.1 Å². The van der Waals surface area contributed by atoms with E-state index in [1.807, 2.05) is 55.4 Å². The van der Waals surface area contributed by atoms with E-state index in [1.54, 1.807) is 42.8 Å². The van der Waals surface area contributed by atoms with E-state index in [-0.39, 0.29) is 53.6 Å². The number of carboxylic acid groups (broad SMARTS) is 1. The molecule has 0 aliphatic carbocycles. The van der Waals surface area contributed by atoms with Crippen LogP contribution < -0.4 is 26.2 Å². The van der Waals surface area contributed by atoms with Crippen molar-refractivity contribution in [1.29, 1.82) is 0 Å². The number of primary amides is 1. The highest BCUT2D eigenvalue weighted by molar-refractivity contribution is 7.92. The number of carboxylic acids is 1. The number of morpholine rings is 2. The van der Waals surface area contributed by atoms with Crippen LogP contribution in [0.1, 0.15) is 83.8 Å². The summed E-state index contributed by atoms with van der Waals surface area (Å²) >= 11 is 0. The van der Waals surface area contributed by atoms with E-state index in [2.05, 4.69) is 49.1 Å². The maximum Gasteiger partial charge on any atom is 0.354 e. The molecule has 0 aromatic carbocycles. The van der Waals surface area contributed by atoms with Crippen molar-refractivity contribution < 1.29 is 32.6 Å². The van der Waals surface area contributed by atoms with Crippen LogP contribution in [0.5, 0.6) is 0 Å². The first-order valence-electron chi connectivity index (χ1n) is 20.6. The third kappa shape index (κ3) is 15.8. The predicted octanol–water partition coefficient (Wildman–Crippen LogP) is 6.10. The summed E-state index contributed by atoms with van der Waals surface area (Å²) in [4.78, 5) is 54.8. The van der Waals surface area contributed by atoms with Gasteiger partial charge in [0.2, 0.25) is 0 Å². The lowest BCUT2D eigenvalue weighted by molar-refractivity contribution is 0.0690. The number of ether oxygens (including phenoxy) is 2. The van der Waals surface area contributed by atoms with Crippen LogP contribution in [0.2, 0.25) is 0 Å². The van der Waals surface area contributed by atoms with E-state index < -0.39 is 31.3 Å². The van der Waals surface area contributed by atoms with Crippen molar-refractivity contribution in [2.75, 3.05) is 85.0 Å². The largest absolute Gasteiger partial charge is 0.477 e. The van der Waals surface area contributed by atoms with Gasteiger partial charge >= 0.3 is 5.97 Å². The van der Waals surface area contributed by atoms with Gasteiger partial charge in [-0.15, -0.1) is 0 Å². The summed E-state index contributed by atoms with van der Waals surface area (Å²) in [7, 11) is -4.92. The summed E-state index contributed by atoms with van der Waals surface area (Å²) in [6, 6.07) is 10.1. The van der Waals surface area contributed by atoms with Gasteiger partial charge < -0.3 is 40.7 Å². The highest BCUT2D eigenvalue weighted by Crippen LogP contribution is 2.31. The third-order valence-electron chi connectivity index (χ3n) is 8.99. The van der Waals surface area contributed by atoms with Gasteiger partial charge in [0.05, 0.1) is 38.5 Å². The topological polar surface area (TPSA) is 266 Å². The quantitative estimate of drug-likeness (QED) is 0.140. The Labute approximate surface area is 383 Å². The molecule has 22 heteroatoms. The zero-order valence-corrected chi connectivity index (χ0v) is 40.3. The second kappa shape index (κ2) is 20.7. The van der Waals surface area contributed by atoms with Crippen LogP contribution in [-0.2, 0) is 28.9 Å². The lowest BCUT2D eigenvalue weighted by Crippen LogP contribution is -2.44. The summed E-state index contributed by atoms with van der Waals surface area (Å²) < 4.78 is 44.4. The summed E-state index contributed by atoms with van der Waals surface area (Å²) in [6.07, 6.45) is 6.17. The Morgan fingerprint density at radius 2 is 1.06 bits per heavy atom. The van der Waals surface area contributed by atoms with Gasteiger partial charge in [-0.1, -0.05) is 7.43 Å². The fraction of sp³-hybridized carbons (Fsp3) is 0.535. The van der Waals surface area contributed by atoms with Crippen molar-refractivity contribution in [3.8, 4) is 22.8 Å². The monoisotopic (exact) mass is 939 g/mol. The van der Waals surface area contributed by atoms with E-state index in [4.69, 9.17) is 25.2 Å². The van der Waals surface area contributed by atoms with Crippen LogP contribution in [0, 0.1) is 0 Å². The number of pyridine rings is 2. The first kappa shape index (κ1) is 52.0. The smallest absolute Gasteiger partial charge is 0.354 e. The summed E-state index contributed by atoms with van der Waals surface area (Å²) in [5.74, 6) is 1.53. The molecule has 4 aromatic heterocycles. The molecule has 2 aliphatic heterocycles. The van der Waals surface area contributed by atoms with Crippen LogP contribution in [0.3, 0.4) is 0 Å². The zero-order chi connectivity index (χ0) is 47.4. The zero-order valence-electron chi connectivity index (χ0n) is 38.6. The molecular weight excluding hydrogens is 875 g/mol. The Hall–Kier alpha value is -5.58. The number of nitrogens with zero attached hydrogens (tertiary/aromatic N) is 10. The number of carbonyl (C=O) groups is 2. The van der Waals surface area contributed by atoms with Gasteiger partial charge in [0, 0.05) is 91.9 Å². The molecule has 0 spiro atoms. The fourth-order valence-corrected chi connectivity index (χ4v) is 7.62.